The van der Waals surface area contributed by atoms with Crippen LogP contribution in [0, 0.1) is 0 Å². The van der Waals surface area contributed by atoms with Gasteiger partial charge in [-0.1, -0.05) is 73.7 Å². The van der Waals surface area contributed by atoms with Crippen molar-refractivity contribution in [2.45, 2.75) is 96.3 Å². The summed E-state index contributed by atoms with van der Waals surface area (Å²) in [6.07, 6.45) is 2.89. The average molecular weight is 731 g/mol. The lowest BCUT2D eigenvalue weighted by Crippen LogP contribution is -2.56. The topological polar surface area (TPSA) is 188 Å². The Morgan fingerprint density at radius 3 is 2.33 bits per heavy atom. The van der Waals surface area contributed by atoms with E-state index in [0.717, 1.165) is 23.1 Å². The van der Waals surface area contributed by atoms with Gasteiger partial charge in [0.1, 0.15) is 12.1 Å². The number of rotatable bonds is 15. The van der Waals surface area contributed by atoms with Crippen molar-refractivity contribution in [1.82, 2.24) is 10.6 Å². The highest BCUT2D eigenvalue weighted by molar-refractivity contribution is 7.50. The number of para-hydroxylation sites is 1. The molecule has 2 heterocycles. The Bertz CT molecular complexity index is 1870. The van der Waals surface area contributed by atoms with Crippen LogP contribution in [0.4, 0.5) is 5.69 Å². The summed E-state index contributed by atoms with van der Waals surface area (Å²) < 4.78 is 17.5. The molecule has 0 bridgehead atoms. The third-order valence-corrected chi connectivity index (χ3v) is 10.5. The number of anilines is 1. The van der Waals surface area contributed by atoms with Gasteiger partial charge >= 0.3 is 7.60 Å². The number of carbonyl (C=O) groups is 4. The summed E-state index contributed by atoms with van der Waals surface area (Å²) in [6, 6.07) is 18.1. The molecule has 3 aromatic rings. The largest absolute Gasteiger partial charge is 0.372 e. The van der Waals surface area contributed by atoms with Crippen molar-refractivity contribution in [2.24, 2.45) is 5.73 Å². The molecule has 0 aliphatic carbocycles. The van der Waals surface area contributed by atoms with Crippen LogP contribution < -0.4 is 21.3 Å². The Hall–Kier alpha value is -4.61. The molecule has 13 heteroatoms. The van der Waals surface area contributed by atoms with Gasteiger partial charge in [0.05, 0.1) is 30.6 Å². The summed E-state index contributed by atoms with van der Waals surface area (Å²) in [7, 11) is -4.21. The Morgan fingerprint density at radius 1 is 1.02 bits per heavy atom. The third-order valence-electron chi connectivity index (χ3n) is 9.71. The number of aryl methyl sites for hydroxylation is 2. The minimum atomic E-state index is -4.21. The average Bonchev–Trinajstić information content (AvgIpc) is 3.44. The second kappa shape index (κ2) is 16.8. The number of hydrogen-bond donors (Lipinski definition) is 5. The Morgan fingerprint density at radius 2 is 1.67 bits per heavy atom. The van der Waals surface area contributed by atoms with E-state index in [4.69, 9.17) is 10.5 Å². The monoisotopic (exact) mass is 730 g/mol. The fourth-order valence-electron chi connectivity index (χ4n) is 6.79. The number of nitrogens with two attached hydrogens (primary N) is 1. The number of carbonyl (C=O) groups excluding carboxylic acids is 4. The molecule has 12 nitrogen and oxygen atoms in total. The SMILES string of the molecule is CCc1ccc(CO[C@H](C)[C@H](CCC(N)=O)NC(=O)[C@@H]2Cc3cccc4c3N2C(=O)[C@@H](NC(=O)/C=C(\C)c2ccc(CP(=O)(O)O)cc2)CC4)cc1. The zero-order valence-corrected chi connectivity index (χ0v) is 30.6. The van der Waals surface area contributed by atoms with Crippen molar-refractivity contribution in [1.29, 1.82) is 0 Å². The number of hydrogen-bond acceptors (Lipinski definition) is 6. The fraction of sp³-hybridized carbons (Fsp3) is 0.385. The van der Waals surface area contributed by atoms with E-state index in [9.17, 15) is 33.5 Å². The van der Waals surface area contributed by atoms with E-state index in [1.54, 1.807) is 31.2 Å². The molecule has 4 amide bonds. The molecule has 0 saturated heterocycles. The number of primary amides is 1. The fourth-order valence-corrected chi connectivity index (χ4v) is 7.48. The number of allylic oxidation sites excluding steroid dienone is 1. The van der Waals surface area contributed by atoms with Crippen molar-refractivity contribution in [3.8, 4) is 0 Å². The van der Waals surface area contributed by atoms with Gasteiger partial charge in [0.25, 0.3) is 0 Å². The minimum absolute atomic E-state index is 0.0418. The zero-order chi connectivity index (χ0) is 37.6. The van der Waals surface area contributed by atoms with Crippen molar-refractivity contribution in [3.63, 3.8) is 0 Å². The summed E-state index contributed by atoms with van der Waals surface area (Å²) in [6.45, 7) is 5.97. The van der Waals surface area contributed by atoms with E-state index in [1.165, 1.54) is 16.5 Å². The highest BCUT2D eigenvalue weighted by Gasteiger charge is 2.44. The van der Waals surface area contributed by atoms with Crippen LogP contribution in [0.1, 0.15) is 73.4 Å². The van der Waals surface area contributed by atoms with Crippen LogP contribution in [0.2, 0.25) is 0 Å². The van der Waals surface area contributed by atoms with Gasteiger partial charge in [-0.05, 0) is 78.5 Å². The molecule has 52 heavy (non-hydrogen) atoms. The van der Waals surface area contributed by atoms with Crippen LogP contribution in [0.5, 0.6) is 0 Å². The summed E-state index contributed by atoms with van der Waals surface area (Å²) in [4.78, 5) is 73.4. The second-order valence-electron chi connectivity index (χ2n) is 13.6. The summed E-state index contributed by atoms with van der Waals surface area (Å²) in [5.74, 6) is -1.76. The molecule has 0 aromatic heterocycles. The lowest BCUT2D eigenvalue weighted by Gasteiger charge is -2.31. The number of nitrogens with one attached hydrogen (secondary N) is 2. The normalized spacial score (nSPS) is 18.3. The van der Waals surface area contributed by atoms with E-state index in [1.807, 2.05) is 49.4 Å². The Kier molecular flexibility index (Phi) is 12.5. The van der Waals surface area contributed by atoms with Gasteiger partial charge in [-0.15, -0.1) is 0 Å². The molecule has 4 atom stereocenters. The molecule has 3 aromatic carbocycles. The smallest absolute Gasteiger partial charge is 0.329 e. The first-order chi connectivity index (χ1) is 24.7. The molecular weight excluding hydrogens is 683 g/mol. The van der Waals surface area contributed by atoms with Gasteiger partial charge in [-0.2, -0.15) is 0 Å². The van der Waals surface area contributed by atoms with Crippen LogP contribution >= 0.6 is 7.60 Å². The number of amides is 4. The first-order valence-corrected chi connectivity index (χ1v) is 19.4. The van der Waals surface area contributed by atoms with Crippen LogP contribution in [-0.4, -0.2) is 57.6 Å². The lowest BCUT2D eigenvalue weighted by atomic mass is 10.0. The number of ether oxygens (including phenoxy) is 1. The minimum Gasteiger partial charge on any atom is -0.372 e. The van der Waals surface area contributed by atoms with Gasteiger partial charge in [-0.25, -0.2) is 0 Å². The van der Waals surface area contributed by atoms with E-state index < -0.39 is 55.5 Å². The predicted molar refractivity (Wildman–Crippen MR) is 198 cm³/mol. The maximum absolute atomic E-state index is 14.2. The molecule has 0 spiro atoms. The van der Waals surface area contributed by atoms with E-state index >= 15 is 0 Å². The summed E-state index contributed by atoms with van der Waals surface area (Å²) in [5.41, 5.74) is 11.9. The van der Waals surface area contributed by atoms with E-state index in [-0.39, 0.29) is 19.0 Å². The maximum atomic E-state index is 14.2. The molecule has 2 aliphatic rings. The van der Waals surface area contributed by atoms with Gasteiger partial charge in [0, 0.05) is 18.9 Å². The van der Waals surface area contributed by atoms with Gasteiger partial charge < -0.3 is 30.9 Å². The zero-order valence-electron chi connectivity index (χ0n) is 29.7. The van der Waals surface area contributed by atoms with E-state index in [2.05, 4.69) is 17.6 Å². The van der Waals surface area contributed by atoms with Crippen molar-refractivity contribution >= 4 is 42.5 Å². The molecule has 0 unspecified atom stereocenters. The molecule has 0 radical (unpaired) electrons. The third kappa shape index (κ3) is 9.83. The highest BCUT2D eigenvalue weighted by atomic mass is 31.2. The second-order valence-corrected chi connectivity index (χ2v) is 15.3. The van der Waals surface area contributed by atoms with Gasteiger partial charge in [0.2, 0.25) is 23.6 Å². The Labute approximate surface area is 304 Å². The van der Waals surface area contributed by atoms with Gasteiger partial charge in [-0.3, -0.25) is 28.6 Å². The first kappa shape index (κ1) is 38.6. The van der Waals surface area contributed by atoms with Crippen molar-refractivity contribution < 1.29 is 38.3 Å². The lowest BCUT2D eigenvalue weighted by molar-refractivity contribution is -0.129. The molecule has 6 N–H and O–H groups in total. The standard InChI is InChI=1S/C39H47N4O8P/c1-4-26-8-10-27(11-9-26)22-51-25(3)32(18-19-35(40)44)42-38(46)34-21-31-7-5-6-30-16-17-33(39(47)43(34)37(30)31)41-36(45)20-24(2)29-14-12-28(13-15-29)23-52(48,49)50/h5-15,20,25,32-34H,4,16-19,21-23H2,1-3H3,(H2,40,44)(H,41,45)(H,42,46)(H2,48,49,50)/b24-20+/t25-,32+,33+,34+/m1/s1. The molecule has 0 fully saturated rings. The molecular formula is C39H47N4O8P. The van der Waals surface area contributed by atoms with Crippen LogP contribution in [0.3, 0.4) is 0 Å². The Balaban J connectivity index is 1.30. The highest BCUT2D eigenvalue weighted by Crippen LogP contribution is 2.40. The summed E-state index contributed by atoms with van der Waals surface area (Å²) >= 11 is 0. The molecule has 5 rings (SSSR count). The molecule has 276 valence electrons. The molecule has 0 saturated carbocycles. The van der Waals surface area contributed by atoms with Gasteiger partial charge in [0.15, 0.2) is 0 Å². The van der Waals surface area contributed by atoms with Crippen LogP contribution in [0.15, 0.2) is 72.8 Å². The van der Waals surface area contributed by atoms with E-state index in [0.29, 0.717) is 48.3 Å². The number of benzene rings is 3. The van der Waals surface area contributed by atoms with Crippen molar-refractivity contribution in [3.05, 3.63) is 106 Å². The van der Waals surface area contributed by atoms with Crippen LogP contribution in [0.25, 0.3) is 5.57 Å². The van der Waals surface area contributed by atoms with Crippen LogP contribution in [-0.2, 0) is 60.5 Å². The predicted octanol–water partition coefficient (Wildman–Crippen LogP) is 4.07. The quantitative estimate of drug-likeness (QED) is 0.114. The number of nitrogens with zero attached hydrogens (tertiary/aromatic N) is 1. The maximum Gasteiger partial charge on any atom is 0.329 e. The first-order valence-electron chi connectivity index (χ1n) is 17.6. The molecule has 2 aliphatic heterocycles. The summed E-state index contributed by atoms with van der Waals surface area (Å²) in [5, 5.41) is 5.91. The van der Waals surface area contributed by atoms with Crippen molar-refractivity contribution in [2.75, 3.05) is 4.90 Å².